The zero-order valence-corrected chi connectivity index (χ0v) is 13.7. The van der Waals surface area contributed by atoms with Crippen LogP contribution < -0.4 is 0 Å². The van der Waals surface area contributed by atoms with Crippen molar-refractivity contribution in [3.63, 3.8) is 0 Å². The van der Waals surface area contributed by atoms with Gasteiger partial charge in [-0.2, -0.15) is 5.10 Å². The van der Waals surface area contributed by atoms with Crippen LogP contribution in [-0.2, 0) is 13.0 Å². The highest BCUT2D eigenvalue weighted by atomic mass is 127. The summed E-state index contributed by atoms with van der Waals surface area (Å²) in [6, 6.07) is 7.57. The van der Waals surface area contributed by atoms with Crippen molar-refractivity contribution >= 4 is 40.0 Å². The zero-order chi connectivity index (χ0) is 14.0. The average Bonchev–Trinajstić information content (AvgIpc) is 2.66. The SMILES string of the molecule is CCn1nc(C)c(Cl)c1CC(=O)c1cccc(I)c1. The van der Waals surface area contributed by atoms with Crippen LogP contribution in [0.1, 0.15) is 28.7 Å². The fourth-order valence-corrected chi connectivity index (χ4v) is 2.70. The summed E-state index contributed by atoms with van der Waals surface area (Å²) in [6.45, 7) is 4.55. The molecule has 0 spiro atoms. The number of hydrogen-bond acceptors (Lipinski definition) is 2. The molecule has 2 rings (SSSR count). The molecule has 5 heteroatoms. The van der Waals surface area contributed by atoms with E-state index in [-0.39, 0.29) is 12.2 Å². The lowest BCUT2D eigenvalue weighted by Gasteiger charge is -2.05. The number of hydrogen-bond donors (Lipinski definition) is 0. The van der Waals surface area contributed by atoms with Gasteiger partial charge in [0, 0.05) is 15.7 Å². The Labute approximate surface area is 131 Å². The Morgan fingerprint density at radius 1 is 1.47 bits per heavy atom. The third-order valence-electron chi connectivity index (χ3n) is 2.93. The largest absolute Gasteiger partial charge is 0.294 e. The van der Waals surface area contributed by atoms with Gasteiger partial charge < -0.3 is 0 Å². The van der Waals surface area contributed by atoms with Crippen LogP contribution in [-0.4, -0.2) is 15.6 Å². The van der Waals surface area contributed by atoms with Crippen LogP contribution >= 0.6 is 34.2 Å². The number of Topliss-reactive ketones (excluding diaryl/α,β-unsaturated/α-hetero) is 1. The third kappa shape index (κ3) is 3.17. The van der Waals surface area contributed by atoms with Crippen LogP contribution in [0.2, 0.25) is 5.02 Å². The number of carbonyl (C=O) groups is 1. The van der Waals surface area contributed by atoms with Crippen molar-refractivity contribution < 1.29 is 4.79 Å². The number of carbonyl (C=O) groups excluding carboxylic acids is 1. The second-order valence-electron chi connectivity index (χ2n) is 4.27. The minimum Gasteiger partial charge on any atom is -0.294 e. The molecule has 1 aromatic carbocycles. The monoisotopic (exact) mass is 388 g/mol. The van der Waals surface area contributed by atoms with E-state index in [4.69, 9.17) is 11.6 Å². The van der Waals surface area contributed by atoms with Crippen LogP contribution in [0.25, 0.3) is 0 Å². The maximum Gasteiger partial charge on any atom is 0.168 e. The van der Waals surface area contributed by atoms with Crippen molar-refractivity contribution in [2.75, 3.05) is 0 Å². The van der Waals surface area contributed by atoms with E-state index >= 15 is 0 Å². The highest BCUT2D eigenvalue weighted by Gasteiger charge is 2.17. The van der Waals surface area contributed by atoms with E-state index in [0.29, 0.717) is 17.1 Å². The van der Waals surface area contributed by atoms with Crippen molar-refractivity contribution in [1.29, 1.82) is 0 Å². The van der Waals surface area contributed by atoms with Gasteiger partial charge in [-0.1, -0.05) is 23.7 Å². The van der Waals surface area contributed by atoms with Crippen LogP contribution in [0.3, 0.4) is 0 Å². The fourth-order valence-electron chi connectivity index (χ4n) is 1.95. The van der Waals surface area contributed by atoms with Gasteiger partial charge in [-0.15, -0.1) is 0 Å². The van der Waals surface area contributed by atoms with Gasteiger partial charge in [-0.05, 0) is 48.6 Å². The number of benzene rings is 1. The molecule has 0 saturated heterocycles. The molecule has 0 aliphatic heterocycles. The molecular formula is C14H14ClIN2O. The maximum absolute atomic E-state index is 12.3. The molecular weight excluding hydrogens is 375 g/mol. The van der Waals surface area contributed by atoms with Crippen molar-refractivity contribution in [3.05, 3.63) is 49.8 Å². The summed E-state index contributed by atoms with van der Waals surface area (Å²) in [6.07, 6.45) is 0.285. The standard InChI is InChI=1S/C14H14ClIN2O/c1-3-18-12(14(15)9(2)17-18)8-13(19)10-5-4-6-11(16)7-10/h4-7H,3,8H2,1-2H3. The normalized spacial score (nSPS) is 10.7. The summed E-state index contributed by atoms with van der Waals surface area (Å²) in [7, 11) is 0. The summed E-state index contributed by atoms with van der Waals surface area (Å²) in [5.41, 5.74) is 2.28. The minimum absolute atomic E-state index is 0.0648. The molecule has 1 heterocycles. The highest BCUT2D eigenvalue weighted by Crippen LogP contribution is 2.22. The van der Waals surface area contributed by atoms with Gasteiger partial charge in [0.05, 0.1) is 22.8 Å². The highest BCUT2D eigenvalue weighted by molar-refractivity contribution is 14.1. The molecule has 3 nitrogen and oxygen atoms in total. The van der Waals surface area contributed by atoms with E-state index in [2.05, 4.69) is 27.7 Å². The zero-order valence-electron chi connectivity index (χ0n) is 10.8. The molecule has 0 atom stereocenters. The van der Waals surface area contributed by atoms with Gasteiger partial charge in [-0.25, -0.2) is 0 Å². The Morgan fingerprint density at radius 2 is 2.21 bits per heavy atom. The number of ketones is 1. The summed E-state index contributed by atoms with van der Waals surface area (Å²) in [4.78, 5) is 12.3. The first-order valence-electron chi connectivity index (χ1n) is 6.03. The van der Waals surface area contributed by atoms with E-state index in [9.17, 15) is 4.79 Å². The molecule has 100 valence electrons. The predicted octanol–water partition coefficient (Wildman–Crippen LogP) is 3.89. The number of rotatable bonds is 4. The second-order valence-corrected chi connectivity index (χ2v) is 5.90. The van der Waals surface area contributed by atoms with Crippen LogP contribution in [0.4, 0.5) is 0 Å². The molecule has 0 bridgehead atoms. The molecule has 0 aliphatic carbocycles. The van der Waals surface area contributed by atoms with E-state index < -0.39 is 0 Å². The summed E-state index contributed by atoms with van der Waals surface area (Å²) >= 11 is 8.42. The Balaban J connectivity index is 2.29. The summed E-state index contributed by atoms with van der Waals surface area (Å²) in [5, 5.41) is 4.92. The number of halogens is 2. The van der Waals surface area contributed by atoms with Gasteiger partial charge >= 0.3 is 0 Å². The Hall–Kier alpha value is -0.880. The molecule has 0 radical (unpaired) electrons. The van der Waals surface area contributed by atoms with Crippen molar-refractivity contribution in [2.24, 2.45) is 0 Å². The van der Waals surface area contributed by atoms with Gasteiger partial charge in [-0.3, -0.25) is 9.48 Å². The van der Waals surface area contributed by atoms with Crippen molar-refractivity contribution in [1.82, 2.24) is 9.78 Å². The Kier molecular flexibility index (Phi) is 4.62. The van der Waals surface area contributed by atoms with E-state index in [1.54, 1.807) is 4.68 Å². The molecule has 1 aromatic heterocycles. The lowest BCUT2D eigenvalue weighted by Crippen LogP contribution is -2.10. The Morgan fingerprint density at radius 3 is 2.84 bits per heavy atom. The van der Waals surface area contributed by atoms with E-state index in [1.165, 1.54) is 0 Å². The van der Waals surface area contributed by atoms with Crippen molar-refractivity contribution in [3.8, 4) is 0 Å². The molecule has 19 heavy (non-hydrogen) atoms. The molecule has 0 fully saturated rings. The Bertz CT molecular complexity index is 622. The van der Waals surface area contributed by atoms with Gasteiger partial charge in [0.2, 0.25) is 0 Å². The quantitative estimate of drug-likeness (QED) is 0.588. The summed E-state index contributed by atoms with van der Waals surface area (Å²) in [5.74, 6) is 0.0648. The molecule has 0 unspecified atom stereocenters. The smallest absolute Gasteiger partial charge is 0.168 e. The first kappa shape index (κ1) is 14.5. The molecule has 0 aliphatic rings. The van der Waals surface area contributed by atoms with Crippen LogP contribution in [0, 0.1) is 10.5 Å². The van der Waals surface area contributed by atoms with Gasteiger partial charge in [0.15, 0.2) is 5.78 Å². The van der Waals surface area contributed by atoms with Crippen LogP contribution in [0.15, 0.2) is 24.3 Å². The predicted molar refractivity (Wildman–Crippen MR) is 84.8 cm³/mol. The fraction of sp³-hybridized carbons (Fsp3) is 0.286. The van der Waals surface area contributed by atoms with E-state index in [1.807, 2.05) is 38.1 Å². The molecule has 2 aromatic rings. The maximum atomic E-state index is 12.3. The molecule has 0 saturated carbocycles. The number of aromatic nitrogens is 2. The van der Waals surface area contributed by atoms with E-state index in [0.717, 1.165) is 15.0 Å². The van der Waals surface area contributed by atoms with Gasteiger partial charge in [0.1, 0.15) is 0 Å². The lowest BCUT2D eigenvalue weighted by atomic mass is 10.1. The third-order valence-corrected chi connectivity index (χ3v) is 4.09. The first-order valence-corrected chi connectivity index (χ1v) is 7.49. The minimum atomic E-state index is 0.0648. The number of nitrogens with zero attached hydrogens (tertiary/aromatic N) is 2. The summed E-state index contributed by atoms with van der Waals surface area (Å²) < 4.78 is 2.85. The average molecular weight is 389 g/mol. The molecule has 0 amide bonds. The van der Waals surface area contributed by atoms with Gasteiger partial charge in [0.25, 0.3) is 0 Å². The molecule has 0 N–H and O–H groups in total. The first-order chi connectivity index (χ1) is 9.02. The van der Waals surface area contributed by atoms with Crippen LogP contribution in [0.5, 0.6) is 0 Å². The number of aryl methyl sites for hydroxylation is 2. The van der Waals surface area contributed by atoms with Crippen molar-refractivity contribution in [2.45, 2.75) is 26.8 Å². The second kappa shape index (κ2) is 6.05. The topological polar surface area (TPSA) is 34.9 Å². The lowest BCUT2D eigenvalue weighted by molar-refractivity contribution is 0.0990.